The predicted octanol–water partition coefficient (Wildman–Crippen LogP) is 3.09. The smallest absolute Gasteiger partial charge is 0.257 e. The standard InChI is InChI=1S/C22H27N3O3/c1-15-14-28-16(2)19(15)20(26)24(3)17-7-12-25(13-8-17)21(27)22(9-10-22)18-6-4-5-11-23-18/h4-6,11,14,17H,7-10,12-13H2,1-3H3. The van der Waals surface area contributed by atoms with E-state index in [2.05, 4.69) is 4.98 Å². The van der Waals surface area contributed by atoms with E-state index in [9.17, 15) is 9.59 Å². The van der Waals surface area contributed by atoms with Gasteiger partial charge in [0.15, 0.2) is 0 Å². The zero-order valence-electron chi connectivity index (χ0n) is 16.8. The molecule has 2 aromatic heterocycles. The minimum atomic E-state index is -0.416. The van der Waals surface area contributed by atoms with Crippen molar-refractivity contribution >= 4 is 11.8 Å². The van der Waals surface area contributed by atoms with E-state index in [0.29, 0.717) is 24.4 Å². The van der Waals surface area contributed by atoms with Gasteiger partial charge < -0.3 is 14.2 Å². The van der Waals surface area contributed by atoms with Gasteiger partial charge in [-0.1, -0.05) is 6.07 Å². The van der Waals surface area contributed by atoms with Crippen molar-refractivity contribution in [2.75, 3.05) is 20.1 Å². The minimum Gasteiger partial charge on any atom is -0.469 e. The maximum Gasteiger partial charge on any atom is 0.257 e. The maximum absolute atomic E-state index is 13.2. The summed E-state index contributed by atoms with van der Waals surface area (Å²) in [5.41, 5.74) is 2.00. The van der Waals surface area contributed by atoms with Crippen molar-refractivity contribution in [1.82, 2.24) is 14.8 Å². The van der Waals surface area contributed by atoms with E-state index >= 15 is 0 Å². The largest absolute Gasteiger partial charge is 0.469 e. The Morgan fingerprint density at radius 2 is 1.93 bits per heavy atom. The number of nitrogens with zero attached hydrogens (tertiary/aromatic N) is 3. The van der Waals surface area contributed by atoms with Crippen LogP contribution in [0.5, 0.6) is 0 Å². The molecule has 6 heteroatoms. The Hall–Kier alpha value is -2.63. The fourth-order valence-electron chi connectivity index (χ4n) is 4.34. The van der Waals surface area contributed by atoms with E-state index in [-0.39, 0.29) is 17.9 Å². The van der Waals surface area contributed by atoms with Crippen LogP contribution in [-0.4, -0.2) is 52.8 Å². The average Bonchev–Trinajstić information content (AvgIpc) is 3.47. The van der Waals surface area contributed by atoms with Gasteiger partial charge in [0.2, 0.25) is 5.91 Å². The molecule has 0 aromatic carbocycles. The van der Waals surface area contributed by atoms with Crippen LogP contribution in [0.2, 0.25) is 0 Å². The van der Waals surface area contributed by atoms with Gasteiger partial charge in [0.1, 0.15) is 5.76 Å². The van der Waals surface area contributed by atoms with Crippen LogP contribution in [0.25, 0.3) is 0 Å². The van der Waals surface area contributed by atoms with Crippen molar-refractivity contribution in [2.24, 2.45) is 0 Å². The van der Waals surface area contributed by atoms with E-state index in [1.54, 1.807) is 12.5 Å². The molecule has 1 saturated heterocycles. The van der Waals surface area contributed by atoms with E-state index in [4.69, 9.17) is 4.42 Å². The number of carbonyl (C=O) groups is 2. The van der Waals surface area contributed by atoms with Gasteiger partial charge in [0.25, 0.3) is 5.91 Å². The Bertz CT molecular complexity index is 858. The number of rotatable bonds is 4. The van der Waals surface area contributed by atoms with Crippen LogP contribution < -0.4 is 0 Å². The van der Waals surface area contributed by atoms with Crippen LogP contribution in [0.15, 0.2) is 35.1 Å². The van der Waals surface area contributed by atoms with Crippen molar-refractivity contribution < 1.29 is 14.0 Å². The normalized spacial score (nSPS) is 18.8. The highest BCUT2D eigenvalue weighted by Crippen LogP contribution is 2.49. The topological polar surface area (TPSA) is 66.7 Å². The minimum absolute atomic E-state index is 0.000625. The van der Waals surface area contributed by atoms with Crippen LogP contribution >= 0.6 is 0 Å². The van der Waals surface area contributed by atoms with Gasteiger partial charge in [-0.15, -0.1) is 0 Å². The highest BCUT2D eigenvalue weighted by Gasteiger charge is 2.54. The predicted molar refractivity (Wildman–Crippen MR) is 105 cm³/mol. The van der Waals surface area contributed by atoms with Gasteiger partial charge in [-0.25, -0.2) is 0 Å². The highest BCUT2D eigenvalue weighted by molar-refractivity contribution is 5.96. The van der Waals surface area contributed by atoms with Crippen LogP contribution in [-0.2, 0) is 10.2 Å². The summed E-state index contributed by atoms with van der Waals surface area (Å²) < 4.78 is 5.38. The molecule has 2 aromatic rings. The molecule has 3 heterocycles. The summed E-state index contributed by atoms with van der Waals surface area (Å²) in [7, 11) is 1.85. The molecule has 2 fully saturated rings. The van der Waals surface area contributed by atoms with Crippen LogP contribution in [0.3, 0.4) is 0 Å². The number of likely N-dealkylation sites (tertiary alicyclic amines) is 1. The van der Waals surface area contributed by atoms with Gasteiger partial charge >= 0.3 is 0 Å². The molecule has 2 amide bonds. The number of carbonyl (C=O) groups excluding carboxylic acids is 2. The number of furan rings is 1. The summed E-state index contributed by atoms with van der Waals surface area (Å²) in [5.74, 6) is 0.855. The third-order valence-electron chi connectivity index (χ3n) is 6.31. The lowest BCUT2D eigenvalue weighted by Gasteiger charge is -2.38. The SMILES string of the molecule is Cc1coc(C)c1C(=O)N(C)C1CCN(C(=O)C2(c3ccccn3)CC2)CC1. The average molecular weight is 381 g/mol. The number of aromatic nitrogens is 1. The fraction of sp³-hybridized carbons (Fsp3) is 0.500. The van der Waals surface area contributed by atoms with Crippen molar-refractivity contribution in [2.45, 2.75) is 51.0 Å². The second-order valence-corrected chi connectivity index (χ2v) is 8.09. The lowest BCUT2D eigenvalue weighted by Crippen LogP contribution is -2.49. The molecule has 1 aliphatic heterocycles. The second-order valence-electron chi connectivity index (χ2n) is 8.09. The molecule has 1 aliphatic carbocycles. The number of hydrogen-bond acceptors (Lipinski definition) is 4. The molecule has 28 heavy (non-hydrogen) atoms. The van der Waals surface area contributed by atoms with Gasteiger partial charge in [0, 0.05) is 37.9 Å². The van der Waals surface area contributed by atoms with Crippen molar-refractivity contribution in [1.29, 1.82) is 0 Å². The Morgan fingerprint density at radius 1 is 1.21 bits per heavy atom. The molecular formula is C22H27N3O3. The lowest BCUT2D eigenvalue weighted by molar-refractivity contribution is -0.135. The Morgan fingerprint density at radius 3 is 2.46 bits per heavy atom. The van der Waals surface area contributed by atoms with E-state index in [1.807, 2.05) is 48.9 Å². The fourth-order valence-corrected chi connectivity index (χ4v) is 4.34. The Balaban J connectivity index is 1.40. The molecule has 0 N–H and O–H groups in total. The van der Waals surface area contributed by atoms with Gasteiger partial charge in [-0.3, -0.25) is 14.6 Å². The molecule has 148 valence electrons. The zero-order valence-corrected chi connectivity index (χ0v) is 16.8. The van der Waals surface area contributed by atoms with Crippen LogP contribution in [0, 0.1) is 13.8 Å². The highest BCUT2D eigenvalue weighted by atomic mass is 16.3. The second kappa shape index (κ2) is 7.08. The monoisotopic (exact) mass is 381 g/mol. The summed E-state index contributed by atoms with van der Waals surface area (Å²) in [6.45, 7) is 5.08. The van der Waals surface area contributed by atoms with Crippen molar-refractivity contribution in [3.63, 3.8) is 0 Å². The molecule has 4 rings (SSSR count). The van der Waals surface area contributed by atoms with Crippen molar-refractivity contribution in [3.8, 4) is 0 Å². The quantitative estimate of drug-likeness (QED) is 0.816. The van der Waals surface area contributed by atoms with Gasteiger partial charge in [0.05, 0.1) is 22.9 Å². The first kappa shape index (κ1) is 18.7. The lowest BCUT2D eigenvalue weighted by atomic mass is 9.96. The Labute approximate surface area is 165 Å². The molecule has 0 bridgehead atoms. The number of aryl methyl sites for hydroxylation is 2. The molecule has 0 unspecified atom stereocenters. The first-order valence-corrected chi connectivity index (χ1v) is 9.97. The molecule has 0 atom stereocenters. The first-order valence-electron chi connectivity index (χ1n) is 9.97. The van der Waals surface area contributed by atoms with Crippen molar-refractivity contribution in [3.05, 3.63) is 53.2 Å². The molecule has 1 saturated carbocycles. The number of pyridine rings is 1. The summed E-state index contributed by atoms with van der Waals surface area (Å²) >= 11 is 0. The molecule has 0 spiro atoms. The van der Waals surface area contributed by atoms with E-state index in [1.165, 1.54) is 0 Å². The van der Waals surface area contributed by atoms with Crippen LogP contribution in [0.4, 0.5) is 0 Å². The van der Waals surface area contributed by atoms with E-state index in [0.717, 1.165) is 36.9 Å². The van der Waals surface area contributed by atoms with E-state index < -0.39 is 5.41 Å². The summed E-state index contributed by atoms with van der Waals surface area (Å²) in [4.78, 5) is 34.3. The number of amides is 2. The van der Waals surface area contributed by atoms with Gasteiger partial charge in [-0.05, 0) is 51.7 Å². The Kier molecular flexibility index (Phi) is 4.73. The molecule has 0 radical (unpaired) electrons. The molecule has 6 nitrogen and oxygen atoms in total. The maximum atomic E-state index is 13.2. The summed E-state index contributed by atoms with van der Waals surface area (Å²) in [5, 5.41) is 0. The third-order valence-corrected chi connectivity index (χ3v) is 6.31. The number of piperidine rings is 1. The summed E-state index contributed by atoms with van der Waals surface area (Å²) in [6.07, 6.45) is 6.73. The zero-order chi connectivity index (χ0) is 19.9. The molecular weight excluding hydrogens is 354 g/mol. The third kappa shape index (κ3) is 3.11. The summed E-state index contributed by atoms with van der Waals surface area (Å²) in [6, 6.07) is 5.92. The first-order chi connectivity index (χ1) is 13.4. The number of hydrogen-bond donors (Lipinski definition) is 0. The van der Waals surface area contributed by atoms with Gasteiger partial charge in [-0.2, -0.15) is 0 Å². The molecule has 2 aliphatic rings. The van der Waals surface area contributed by atoms with Crippen LogP contribution in [0.1, 0.15) is 53.1 Å².